The fraction of sp³-hybridized carbons (Fsp3) is 0.0952. The number of ether oxygens (including phenoxy) is 2. The molecule has 0 amide bonds. The third-order valence-electron chi connectivity index (χ3n) is 4.41. The SMILES string of the molecule is O=C(OCc1nnc(-c2ccc(Br)cc2)o1)c1cc2c(s1)-c1ccccc1OC2. The zero-order valence-corrected chi connectivity index (χ0v) is 17.3. The lowest BCUT2D eigenvalue weighted by atomic mass is 10.1. The van der Waals surface area contributed by atoms with E-state index in [1.165, 1.54) is 11.3 Å². The molecule has 29 heavy (non-hydrogen) atoms. The number of hydrogen-bond acceptors (Lipinski definition) is 7. The highest BCUT2D eigenvalue weighted by molar-refractivity contribution is 9.10. The summed E-state index contributed by atoms with van der Waals surface area (Å²) in [6.45, 7) is 0.356. The van der Waals surface area contributed by atoms with Crippen LogP contribution in [0.15, 0.2) is 63.5 Å². The van der Waals surface area contributed by atoms with Crippen LogP contribution in [0.1, 0.15) is 21.1 Å². The molecule has 2 aromatic carbocycles. The summed E-state index contributed by atoms with van der Waals surface area (Å²) in [6.07, 6.45) is 0. The first kappa shape index (κ1) is 18.1. The van der Waals surface area contributed by atoms with Gasteiger partial charge in [0.25, 0.3) is 5.89 Å². The van der Waals surface area contributed by atoms with Gasteiger partial charge in [-0.3, -0.25) is 0 Å². The minimum Gasteiger partial charge on any atom is -0.488 e. The van der Waals surface area contributed by atoms with Gasteiger partial charge in [0.2, 0.25) is 5.89 Å². The van der Waals surface area contributed by atoms with Crippen molar-refractivity contribution in [1.29, 1.82) is 0 Å². The monoisotopic (exact) mass is 468 g/mol. The van der Waals surface area contributed by atoms with Crippen LogP contribution in [0.4, 0.5) is 0 Å². The van der Waals surface area contributed by atoms with Crippen molar-refractivity contribution in [3.63, 3.8) is 0 Å². The van der Waals surface area contributed by atoms with E-state index in [1.807, 2.05) is 54.6 Å². The summed E-state index contributed by atoms with van der Waals surface area (Å²) in [6, 6.07) is 17.1. The van der Waals surface area contributed by atoms with Crippen molar-refractivity contribution in [1.82, 2.24) is 10.2 Å². The summed E-state index contributed by atoms with van der Waals surface area (Å²) in [5.41, 5.74) is 2.77. The molecule has 0 radical (unpaired) electrons. The summed E-state index contributed by atoms with van der Waals surface area (Å²) in [7, 11) is 0. The van der Waals surface area contributed by atoms with Crippen molar-refractivity contribution in [2.24, 2.45) is 0 Å². The molecule has 4 aromatic rings. The quantitative estimate of drug-likeness (QED) is 0.369. The van der Waals surface area contributed by atoms with Crippen molar-refractivity contribution >= 4 is 33.2 Å². The zero-order valence-electron chi connectivity index (χ0n) is 14.9. The average molecular weight is 469 g/mol. The number of hydrogen-bond donors (Lipinski definition) is 0. The first-order chi connectivity index (χ1) is 14.2. The number of benzene rings is 2. The summed E-state index contributed by atoms with van der Waals surface area (Å²) in [4.78, 5) is 14.1. The van der Waals surface area contributed by atoms with Crippen molar-refractivity contribution in [2.75, 3.05) is 0 Å². The Morgan fingerprint density at radius 1 is 1.14 bits per heavy atom. The third-order valence-corrected chi connectivity index (χ3v) is 6.13. The number of fused-ring (bicyclic) bond motifs is 3. The van der Waals surface area contributed by atoms with Gasteiger partial charge in [0.15, 0.2) is 6.61 Å². The van der Waals surface area contributed by atoms with Crippen LogP contribution in [0.2, 0.25) is 0 Å². The number of thiophene rings is 1. The summed E-state index contributed by atoms with van der Waals surface area (Å²) < 4.78 is 17.7. The van der Waals surface area contributed by atoms with Gasteiger partial charge in [0.1, 0.15) is 17.2 Å². The Kier molecular flexibility index (Phi) is 4.65. The van der Waals surface area contributed by atoms with Gasteiger partial charge in [-0.15, -0.1) is 21.5 Å². The number of rotatable bonds is 4. The molecule has 1 aliphatic rings. The lowest BCUT2D eigenvalue weighted by Gasteiger charge is -2.16. The van der Waals surface area contributed by atoms with E-state index in [2.05, 4.69) is 26.1 Å². The second-order valence-electron chi connectivity index (χ2n) is 6.33. The van der Waals surface area contributed by atoms with Crippen LogP contribution in [0.5, 0.6) is 5.75 Å². The number of esters is 1. The Labute approximate surface area is 178 Å². The maximum absolute atomic E-state index is 12.5. The number of aromatic nitrogens is 2. The first-order valence-corrected chi connectivity index (χ1v) is 10.4. The van der Waals surface area contributed by atoms with Gasteiger partial charge in [0.05, 0.1) is 0 Å². The Hall–Kier alpha value is -2.97. The fourth-order valence-corrected chi connectivity index (χ4v) is 4.37. The van der Waals surface area contributed by atoms with Crippen molar-refractivity contribution in [3.05, 3.63) is 75.4 Å². The minimum atomic E-state index is -0.426. The molecule has 0 saturated carbocycles. The highest BCUT2D eigenvalue weighted by Gasteiger charge is 2.23. The first-order valence-electron chi connectivity index (χ1n) is 8.78. The number of halogens is 1. The van der Waals surface area contributed by atoms with E-state index in [-0.39, 0.29) is 12.5 Å². The zero-order chi connectivity index (χ0) is 19.8. The van der Waals surface area contributed by atoms with Crippen LogP contribution in [0, 0.1) is 0 Å². The molecule has 0 spiro atoms. The van der Waals surface area contributed by atoms with E-state index in [0.29, 0.717) is 17.4 Å². The minimum absolute atomic E-state index is 0.0853. The smallest absolute Gasteiger partial charge is 0.348 e. The second-order valence-corrected chi connectivity index (χ2v) is 8.30. The lowest BCUT2D eigenvalue weighted by Crippen LogP contribution is -2.04. The van der Waals surface area contributed by atoms with Crippen LogP contribution < -0.4 is 4.74 Å². The summed E-state index contributed by atoms with van der Waals surface area (Å²) in [5, 5.41) is 7.96. The average Bonchev–Trinajstić information content (AvgIpc) is 3.40. The van der Waals surface area contributed by atoms with Gasteiger partial charge in [-0.2, -0.15) is 0 Å². The van der Waals surface area contributed by atoms with Crippen molar-refractivity contribution in [3.8, 4) is 27.6 Å². The van der Waals surface area contributed by atoms with Crippen LogP contribution in [0.25, 0.3) is 21.9 Å². The maximum Gasteiger partial charge on any atom is 0.348 e. The highest BCUT2D eigenvalue weighted by Crippen LogP contribution is 2.42. The van der Waals surface area contributed by atoms with Gasteiger partial charge >= 0.3 is 5.97 Å². The van der Waals surface area contributed by atoms with Crippen molar-refractivity contribution < 1.29 is 18.7 Å². The molecule has 0 atom stereocenters. The van der Waals surface area contributed by atoms with Crippen LogP contribution in [-0.2, 0) is 18.0 Å². The third kappa shape index (κ3) is 3.56. The molecule has 144 valence electrons. The second kappa shape index (κ2) is 7.46. The van der Waals surface area contributed by atoms with Gasteiger partial charge in [-0.05, 0) is 42.5 Å². The van der Waals surface area contributed by atoms with E-state index in [9.17, 15) is 4.79 Å². The Bertz CT molecular complexity index is 1200. The maximum atomic E-state index is 12.5. The van der Waals surface area contributed by atoms with Gasteiger partial charge in [-0.1, -0.05) is 28.1 Å². The molecular formula is C21H13BrN2O4S. The molecule has 5 rings (SSSR count). The van der Waals surface area contributed by atoms with Crippen LogP contribution >= 0.6 is 27.3 Å². The molecule has 2 aromatic heterocycles. The topological polar surface area (TPSA) is 74.5 Å². The Morgan fingerprint density at radius 3 is 2.83 bits per heavy atom. The standard InChI is InChI=1S/C21H13BrN2O4S/c22-14-7-5-12(6-8-14)20-24-23-18(28-20)11-27-21(25)17-9-13-10-26-16-4-2-1-3-15(16)19(13)29-17/h1-9H,10-11H2. The lowest BCUT2D eigenvalue weighted by molar-refractivity contribution is 0.0444. The Balaban J connectivity index is 1.29. The molecule has 0 N–H and O–H groups in total. The molecule has 1 aliphatic heterocycles. The predicted octanol–water partition coefficient (Wildman–Crippen LogP) is 5.48. The van der Waals surface area contributed by atoms with E-state index in [1.54, 1.807) is 0 Å². The van der Waals surface area contributed by atoms with Crippen molar-refractivity contribution in [2.45, 2.75) is 13.2 Å². The molecular weight excluding hydrogens is 456 g/mol. The van der Waals surface area contributed by atoms with Crippen LogP contribution in [-0.4, -0.2) is 16.2 Å². The Morgan fingerprint density at radius 2 is 1.97 bits per heavy atom. The van der Waals surface area contributed by atoms with Gasteiger partial charge in [0, 0.05) is 26.0 Å². The molecule has 0 fully saturated rings. The molecule has 0 aliphatic carbocycles. The van der Waals surface area contributed by atoms with Gasteiger partial charge in [-0.25, -0.2) is 4.79 Å². The number of para-hydroxylation sites is 1. The van der Waals surface area contributed by atoms with E-state index < -0.39 is 5.97 Å². The fourth-order valence-electron chi connectivity index (χ4n) is 3.02. The number of carbonyl (C=O) groups is 1. The normalized spacial score (nSPS) is 12.0. The van der Waals surface area contributed by atoms with E-state index in [0.717, 1.165) is 31.8 Å². The largest absolute Gasteiger partial charge is 0.488 e. The highest BCUT2D eigenvalue weighted by atomic mass is 79.9. The number of nitrogens with zero attached hydrogens (tertiary/aromatic N) is 2. The van der Waals surface area contributed by atoms with Crippen LogP contribution in [0.3, 0.4) is 0 Å². The molecule has 8 heteroatoms. The molecule has 0 unspecified atom stereocenters. The summed E-state index contributed by atoms with van der Waals surface area (Å²) in [5.74, 6) is 1.02. The molecule has 3 heterocycles. The van der Waals surface area contributed by atoms with Gasteiger partial charge < -0.3 is 13.9 Å². The van der Waals surface area contributed by atoms with E-state index in [4.69, 9.17) is 13.9 Å². The number of carbonyl (C=O) groups excluding carboxylic acids is 1. The molecule has 6 nitrogen and oxygen atoms in total. The molecule has 0 bridgehead atoms. The molecule has 0 saturated heterocycles. The predicted molar refractivity (Wildman–Crippen MR) is 111 cm³/mol. The van der Waals surface area contributed by atoms with E-state index >= 15 is 0 Å². The summed E-state index contributed by atoms with van der Waals surface area (Å²) >= 11 is 4.78.